The highest BCUT2D eigenvalue weighted by Gasteiger charge is 2.27. The predicted octanol–water partition coefficient (Wildman–Crippen LogP) is 3.42. The topological polar surface area (TPSA) is 28.2 Å². The standard InChI is InChI=1S/C12H20F3N3S/c1-11(2,3)17-8-9-7-16-10(19-9)18(4)6-5-12(13,14)15/h7,17H,5-6,8H2,1-4H3. The summed E-state index contributed by atoms with van der Waals surface area (Å²) in [5.41, 5.74) is 0.00629. The van der Waals surface area contributed by atoms with Crippen molar-refractivity contribution < 1.29 is 13.2 Å². The van der Waals surface area contributed by atoms with Gasteiger partial charge in [-0.15, -0.1) is 11.3 Å². The fourth-order valence-electron chi connectivity index (χ4n) is 1.30. The lowest BCUT2D eigenvalue weighted by molar-refractivity contribution is -0.132. The quantitative estimate of drug-likeness (QED) is 0.902. The average molecular weight is 295 g/mol. The Morgan fingerprint density at radius 2 is 1.95 bits per heavy atom. The smallest absolute Gasteiger partial charge is 0.351 e. The van der Waals surface area contributed by atoms with Crippen LogP contribution >= 0.6 is 11.3 Å². The number of anilines is 1. The molecule has 0 aliphatic rings. The van der Waals surface area contributed by atoms with Crippen LogP contribution in [0.4, 0.5) is 18.3 Å². The fraction of sp³-hybridized carbons (Fsp3) is 0.750. The van der Waals surface area contributed by atoms with Crippen LogP contribution in [0.1, 0.15) is 32.1 Å². The zero-order chi connectivity index (χ0) is 14.7. The minimum atomic E-state index is -4.12. The predicted molar refractivity (Wildman–Crippen MR) is 72.6 cm³/mol. The maximum atomic E-state index is 12.1. The molecule has 0 atom stereocenters. The number of thiazole rings is 1. The van der Waals surface area contributed by atoms with Gasteiger partial charge in [0.25, 0.3) is 0 Å². The van der Waals surface area contributed by atoms with E-state index in [0.717, 1.165) is 4.88 Å². The molecule has 1 N–H and O–H groups in total. The molecule has 1 rings (SSSR count). The van der Waals surface area contributed by atoms with Gasteiger partial charge in [-0.25, -0.2) is 4.98 Å². The molecule has 7 heteroatoms. The van der Waals surface area contributed by atoms with E-state index in [-0.39, 0.29) is 12.1 Å². The highest BCUT2D eigenvalue weighted by molar-refractivity contribution is 7.15. The van der Waals surface area contributed by atoms with Gasteiger partial charge in [-0.05, 0) is 20.8 Å². The van der Waals surface area contributed by atoms with Gasteiger partial charge in [0.15, 0.2) is 5.13 Å². The molecule has 0 fully saturated rings. The molecule has 1 heterocycles. The number of hydrogen-bond donors (Lipinski definition) is 1. The summed E-state index contributed by atoms with van der Waals surface area (Å²) in [6.45, 7) is 6.79. The Morgan fingerprint density at radius 1 is 1.32 bits per heavy atom. The molecule has 19 heavy (non-hydrogen) atoms. The van der Waals surface area contributed by atoms with Gasteiger partial charge in [-0.3, -0.25) is 0 Å². The third-order valence-electron chi connectivity index (χ3n) is 2.39. The molecule has 0 saturated heterocycles. The lowest BCUT2D eigenvalue weighted by Crippen LogP contribution is -2.34. The van der Waals surface area contributed by atoms with Gasteiger partial charge in [0.1, 0.15) is 0 Å². The van der Waals surface area contributed by atoms with E-state index >= 15 is 0 Å². The Kier molecular flexibility index (Phi) is 5.20. The first-order valence-corrected chi connectivity index (χ1v) is 6.86. The third-order valence-corrected chi connectivity index (χ3v) is 3.50. The molecule has 0 aliphatic carbocycles. The van der Waals surface area contributed by atoms with Crippen molar-refractivity contribution in [1.82, 2.24) is 10.3 Å². The molecule has 0 aliphatic heterocycles. The van der Waals surface area contributed by atoms with Crippen LogP contribution < -0.4 is 10.2 Å². The SMILES string of the molecule is CN(CCC(F)(F)F)c1ncc(CNC(C)(C)C)s1. The Morgan fingerprint density at radius 3 is 2.47 bits per heavy atom. The number of alkyl halides is 3. The van der Waals surface area contributed by atoms with Gasteiger partial charge >= 0.3 is 6.18 Å². The monoisotopic (exact) mass is 295 g/mol. The number of halogens is 3. The van der Waals surface area contributed by atoms with Crippen LogP contribution in [-0.2, 0) is 6.54 Å². The van der Waals surface area contributed by atoms with Crippen LogP contribution in [-0.4, -0.2) is 30.3 Å². The van der Waals surface area contributed by atoms with Crippen LogP contribution in [0.5, 0.6) is 0 Å². The van der Waals surface area contributed by atoms with Crippen LogP contribution in [0.3, 0.4) is 0 Å². The molecular weight excluding hydrogens is 275 g/mol. The molecule has 0 unspecified atom stereocenters. The summed E-state index contributed by atoms with van der Waals surface area (Å²) in [5.74, 6) is 0. The molecule has 110 valence electrons. The normalized spacial score (nSPS) is 12.8. The minimum absolute atomic E-state index is 0.00629. The van der Waals surface area contributed by atoms with Crippen LogP contribution in [0.15, 0.2) is 6.20 Å². The fourth-order valence-corrected chi connectivity index (χ4v) is 2.13. The molecule has 1 aromatic rings. The molecule has 0 bridgehead atoms. The number of hydrogen-bond acceptors (Lipinski definition) is 4. The summed E-state index contributed by atoms with van der Waals surface area (Å²) >= 11 is 1.42. The van der Waals surface area contributed by atoms with Crippen molar-refractivity contribution in [2.45, 2.75) is 45.5 Å². The maximum absolute atomic E-state index is 12.1. The van der Waals surface area contributed by atoms with Gasteiger partial charge in [0.05, 0.1) is 6.42 Å². The van der Waals surface area contributed by atoms with E-state index in [9.17, 15) is 13.2 Å². The second-order valence-corrected chi connectivity index (χ2v) is 6.59. The van der Waals surface area contributed by atoms with Crippen molar-refractivity contribution in [2.24, 2.45) is 0 Å². The molecule has 1 aromatic heterocycles. The van der Waals surface area contributed by atoms with Gasteiger partial charge in [-0.1, -0.05) is 0 Å². The van der Waals surface area contributed by atoms with Gasteiger partial charge < -0.3 is 10.2 Å². The zero-order valence-corrected chi connectivity index (χ0v) is 12.5. The number of nitrogens with zero attached hydrogens (tertiary/aromatic N) is 2. The van der Waals surface area contributed by atoms with Crippen molar-refractivity contribution in [2.75, 3.05) is 18.5 Å². The van der Waals surface area contributed by atoms with E-state index < -0.39 is 12.6 Å². The Hall–Kier alpha value is -0.820. The van der Waals surface area contributed by atoms with Crippen LogP contribution in [0, 0.1) is 0 Å². The summed E-state index contributed by atoms with van der Waals surface area (Å²) in [7, 11) is 1.63. The maximum Gasteiger partial charge on any atom is 0.390 e. The summed E-state index contributed by atoms with van der Waals surface area (Å²) in [6, 6.07) is 0. The number of aromatic nitrogens is 1. The number of nitrogens with one attached hydrogen (secondary N) is 1. The first kappa shape index (κ1) is 16.2. The van der Waals surface area contributed by atoms with Crippen molar-refractivity contribution in [3.05, 3.63) is 11.1 Å². The van der Waals surface area contributed by atoms with E-state index in [1.165, 1.54) is 11.3 Å². The van der Waals surface area contributed by atoms with E-state index in [4.69, 9.17) is 0 Å². The molecule has 0 radical (unpaired) electrons. The highest BCUT2D eigenvalue weighted by Crippen LogP contribution is 2.25. The first-order valence-electron chi connectivity index (χ1n) is 6.04. The lowest BCUT2D eigenvalue weighted by Gasteiger charge is -2.19. The molecule has 0 amide bonds. The van der Waals surface area contributed by atoms with Crippen molar-refractivity contribution in [1.29, 1.82) is 0 Å². The van der Waals surface area contributed by atoms with E-state index in [0.29, 0.717) is 11.7 Å². The van der Waals surface area contributed by atoms with Crippen molar-refractivity contribution in [3.63, 3.8) is 0 Å². The number of rotatable bonds is 5. The molecule has 0 aromatic carbocycles. The second-order valence-electron chi connectivity index (χ2n) is 5.50. The highest BCUT2D eigenvalue weighted by atomic mass is 32.1. The summed E-state index contributed by atoms with van der Waals surface area (Å²) in [5, 5.41) is 3.94. The Labute approximate surface area is 115 Å². The largest absolute Gasteiger partial charge is 0.390 e. The van der Waals surface area contributed by atoms with Gasteiger partial charge in [0.2, 0.25) is 0 Å². The third kappa shape index (κ3) is 6.77. The summed E-state index contributed by atoms with van der Waals surface area (Å²) < 4.78 is 36.4. The van der Waals surface area contributed by atoms with E-state index in [2.05, 4.69) is 31.1 Å². The average Bonchev–Trinajstić information content (AvgIpc) is 2.69. The summed E-state index contributed by atoms with van der Waals surface area (Å²) in [6.07, 6.45) is -3.23. The Bertz CT molecular complexity index is 396. The van der Waals surface area contributed by atoms with E-state index in [1.807, 2.05) is 0 Å². The van der Waals surface area contributed by atoms with Gasteiger partial charge in [0, 0.05) is 36.8 Å². The van der Waals surface area contributed by atoms with Crippen LogP contribution in [0.25, 0.3) is 0 Å². The first-order chi connectivity index (χ1) is 8.57. The second kappa shape index (κ2) is 6.09. The zero-order valence-electron chi connectivity index (χ0n) is 11.6. The van der Waals surface area contributed by atoms with Crippen molar-refractivity contribution >= 4 is 16.5 Å². The van der Waals surface area contributed by atoms with Gasteiger partial charge in [-0.2, -0.15) is 13.2 Å². The Balaban J connectivity index is 2.49. The molecule has 3 nitrogen and oxygen atoms in total. The van der Waals surface area contributed by atoms with Crippen molar-refractivity contribution in [3.8, 4) is 0 Å². The summed E-state index contributed by atoms with van der Waals surface area (Å²) in [4.78, 5) is 6.71. The molecule has 0 spiro atoms. The van der Waals surface area contributed by atoms with Crippen LogP contribution in [0.2, 0.25) is 0 Å². The molecule has 0 saturated carbocycles. The lowest BCUT2D eigenvalue weighted by atomic mass is 10.1. The molecular formula is C12H20F3N3S. The minimum Gasteiger partial charge on any atom is -0.351 e. The van der Waals surface area contributed by atoms with E-state index in [1.54, 1.807) is 18.1 Å².